The van der Waals surface area contributed by atoms with Crippen molar-refractivity contribution in [2.45, 2.75) is 0 Å². The van der Waals surface area contributed by atoms with E-state index < -0.39 is 17.9 Å². The molecule has 0 aliphatic heterocycles. The van der Waals surface area contributed by atoms with Gasteiger partial charge in [-0.15, -0.1) is 0 Å². The van der Waals surface area contributed by atoms with Crippen LogP contribution >= 0.6 is 0 Å². The van der Waals surface area contributed by atoms with E-state index in [0.717, 1.165) is 5.56 Å². The van der Waals surface area contributed by atoms with E-state index in [1.165, 1.54) is 6.08 Å². The Hall–Kier alpha value is -2.36. The van der Waals surface area contributed by atoms with Gasteiger partial charge in [0.2, 0.25) is 0 Å². The Kier molecular flexibility index (Phi) is 3.70. The SMILES string of the molecule is [2H]OC(=O)C(C=Cc1ccccc1)C(=C)C(=O)O. The summed E-state index contributed by atoms with van der Waals surface area (Å²) in [4.78, 5) is 22.1. The molecule has 88 valence electrons. The molecule has 0 saturated heterocycles. The van der Waals surface area contributed by atoms with Crippen LogP contribution < -0.4 is 0 Å². The lowest BCUT2D eigenvalue weighted by molar-refractivity contribution is -0.142. The number of hydrogen-bond acceptors (Lipinski definition) is 3. The smallest absolute Gasteiger partial charge is 0.332 e. The van der Waals surface area contributed by atoms with Crippen LogP contribution in [0.1, 0.15) is 5.56 Å². The molecule has 0 aromatic heterocycles. The summed E-state index contributed by atoms with van der Waals surface area (Å²) in [6.07, 6.45) is 2.93. The molecule has 0 amide bonds. The van der Waals surface area contributed by atoms with E-state index >= 15 is 0 Å². The summed E-state index contributed by atoms with van der Waals surface area (Å²) < 4.78 is 6.54. The Balaban J connectivity index is 2.92. The molecule has 17 heavy (non-hydrogen) atoms. The summed E-state index contributed by atoms with van der Waals surface area (Å²) in [5.41, 5.74) is 0.470. The van der Waals surface area contributed by atoms with Gasteiger partial charge in [0.05, 0.1) is 0 Å². The van der Waals surface area contributed by atoms with Crippen LogP contribution in [0.15, 0.2) is 48.6 Å². The van der Waals surface area contributed by atoms with Gasteiger partial charge in [-0.2, -0.15) is 0 Å². The quantitative estimate of drug-likeness (QED) is 0.763. The summed E-state index contributed by atoms with van der Waals surface area (Å²) in [5, 5.41) is 12.6. The van der Waals surface area contributed by atoms with Gasteiger partial charge < -0.3 is 10.2 Å². The fourth-order valence-corrected chi connectivity index (χ4v) is 1.24. The zero-order valence-electron chi connectivity index (χ0n) is 10.00. The Morgan fingerprint density at radius 1 is 1.35 bits per heavy atom. The van der Waals surface area contributed by atoms with Crippen molar-refractivity contribution in [2.75, 3.05) is 0 Å². The van der Waals surface area contributed by atoms with Crippen molar-refractivity contribution in [3.63, 3.8) is 0 Å². The molecule has 0 saturated carbocycles. The maximum atomic E-state index is 11.3. The minimum absolute atomic E-state index is 0.334. The topological polar surface area (TPSA) is 74.6 Å². The zero-order valence-corrected chi connectivity index (χ0v) is 9.00. The van der Waals surface area contributed by atoms with E-state index in [9.17, 15) is 9.59 Å². The molecule has 4 heteroatoms. The molecule has 0 fully saturated rings. The van der Waals surface area contributed by atoms with Crippen LogP contribution in [-0.4, -0.2) is 22.2 Å². The van der Waals surface area contributed by atoms with Crippen LogP contribution in [0, 0.1) is 5.92 Å². The lowest BCUT2D eigenvalue weighted by Gasteiger charge is -2.06. The first-order chi connectivity index (χ1) is 8.56. The number of benzene rings is 1. The van der Waals surface area contributed by atoms with Crippen LogP contribution in [-0.2, 0) is 9.59 Å². The first-order valence-electron chi connectivity index (χ1n) is 5.29. The molecule has 1 atom stereocenters. The van der Waals surface area contributed by atoms with E-state index in [1.54, 1.807) is 18.2 Å². The molecule has 1 unspecified atom stereocenters. The molecular formula is C13H12O4. The van der Waals surface area contributed by atoms with Crippen LogP contribution in [0.2, 0.25) is 0 Å². The summed E-state index contributed by atoms with van der Waals surface area (Å²) in [5.74, 6) is -3.45. The maximum absolute atomic E-state index is 11.3. The van der Waals surface area contributed by atoms with Gasteiger partial charge in [0.15, 0.2) is 0 Å². The van der Waals surface area contributed by atoms with Crippen LogP contribution in [0.4, 0.5) is 0 Å². The minimum Gasteiger partial charge on any atom is -0.481 e. The average molecular weight is 233 g/mol. The van der Waals surface area contributed by atoms with Crippen molar-refractivity contribution in [2.24, 2.45) is 5.92 Å². The van der Waals surface area contributed by atoms with Crippen LogP contribution in [0.5, 0.6) is 0 Å². The van der Waals surface area contributed by atoms with E-state index in [0.29, 0.717) is 0 Å². The largest absolute Gasteiger partial charge is 0.481 e. The van der Waals surface area contributed by atoms with Gasteiger partial charge in [0, 0.05) is 5.57 Å². The van der Waals surface area contributed by atoms with Gasteiger partial charge in [0.25, 0.3) is 1.43 Å². The molecule has 0 heterocycles. The monoisotopic (exact) mass is 233 g/mol. The van der Waals surface area contributed by atoms with E-state index in [2.05, 4.69) is 11.7 Å². The Labute approximate surface area is 100 Å². The molecule has 0 aliphatic carbocycles. The second kappa shape index (κ2) is 5.65. The number of carboxylic acids is 2. The zero-order chi connectivity index (χ0) is 13.5. The normalized spacial score (nSPS) is 12.8. The summed E-state index contributed by atoms with van der Waals surface area (Å²) in [6.45, 7) is 3.30. The van der Waals surface area contributed by atoms with Crippen molar-refractivity contribution in [1.82, 2.24) is 0 Å². The van der Waals surface area contributed by atoms with Crippen molar-refractivity contribution in [3.05, 3.63) is 54.1 Å². The first-order valence-corrected chi connectivity index (χ1v) is 4.88. The molecule has 4 nitrogen and oxygen atoms in total. The molecular weight excluding hydrogens is 220 g/mol. The Bertz CT molecular complexity index is 479. The Morgan fingerprint density at radius 3 is 2.53 bits per heavy atom. The number of carboxylic acid groups (broad SMARTS) is 2. The molecule has 2 N–H and O–H groups in total. The molecule has 0 radical (unpaired) electrons. The number of aliphatic carboxylic acids is 2. The third-order valence-electron chi connectivity index (χ3n) is 2.18. The Morgan fingerprint density at radius 2 is 2.00 bits per heavy atom. The third-order valence-corrected chi connectivity index (χ3v) is 2.18. The van der Waals surface area contributed by atoms with E-state index in [1.807, 2.05) is 18.2 Å². The van der Waals surface area contributed by atoms with Crippen molar-refractivity contribution >= 4 is 18.0 Å². The molecule has 0 spiro atoms. The summed E-state index contributed by atoms with van der Waals surface area (Å²) in [7, 11) is 0. The van der Waals surface area contributed by atoms with E-state index in [-0.39, 0.29) is 5.57 Å². The fraction of sp³-hybridized carbons (Fsp3) is 0.0769. The van der Waals surface area contributed by atoms with Crippen LogP contribution in [0.25, 0.3) is 7.51 Å². The lowest BCUT2D eigenvalue weighted by Crippen LogP contribution is -2.18. The molecule has 1 aromatic rings. The van der Waals surface area contributed by atoms with Crippen molar-refractivity contribution in [3.8, 4) is 0 Å². The average Bonchev–Trinajstić information content (AvgIpc) is 2.39. The van der Waals surface area contributed by atoms with Gasteiger partial charge in [0.1, 0.15) is 5.92 Å². The second-order valence-electron chi connectivity index (χ2n) is 3.40. The number of carbonyl (C=O) groups is 2. The maximum Gasteiger partial charge on any atom is 0.332 e. The molecule has 0 aliphatic rings. The lowest BCUT2D eigenvalue weighted by atomic mass is 9.99. The van der Waals surface area contributed by atoms with E-state index in [4.69, 9.17) is 6.54 Å². The summed E-state index contributed by atoms with van der Waals surface area (Å²) in [6, 6.07) is 9.04. The predicted octanol–water partition coefficient (Wildman–Crippen LogP) is 2.04. The van der Waals surface area contributed by atoms with Gasteiger partial charge in [-0.3, -0.25) is 4.79 Å². The van der Waals surface area contributed by atoms with Gasteiger partial charge in [-0.1, -0.05) is 49.1 Å². The van der Waals surface area contributed by atoms with Gasteiger partial charge >= 0.3 is 11.9 Å². The van der Waals surface area contributed by atoms with Crippen molar-refractivity contribution < 1.29 is 19.8 Å². The van der Waals surface area contributed by atoms with Crippen molar-refractivity contribution in [1.29, 1.82) is 1.43 Å². The van der Waals surface area contributed by atoms with Gasteiger partial charge in [-0.05, 0) is 5.56 Å². The van der Waals surface area contributed by atoms with Gasteiger partial charge in [-0.25, -0.2) is 4.79 Å². The highest BCUT2D eigenvalue weighted by atomic mass is 16.4. The molecule has 1 rings (SSSR count). The van der Waals surface area contributed by atoms with Crippen LogP contribution in [0.3, 0.4) is 0 Å². The number of hydrogen-bond donors (Lipinski definition) is 2. The minimum atomic E-state index is -1.30. The highest BCUT2D eigenvalue weighted by Gasteiger charge is 2.22. The molecule has 1 aromatic carbocycles. The first kappa shape index (κ1) is 11.1. The predicted molar refractivity (Wildman–Crippen MR) is 63.4 cm³/mol. The fourth-order valence-electron chi connectivity index (χ4n) is 1.24. The standard InChI is InChI=1S/C13H12O4/c1-9(12(14)15)11(13(16)17)8-7-10-5-3-2-4-6-10/h2-8,11H,1H2,(H,14,15)(H,16,17)/i/hD. The third kappa shape index (κ3) is 3.61. The molecule has 0 bridgehead atoms. The number of rotatable bonds is 5. The highest BCUT2D eigenvalue weighted by Crippen LogP contribution is 2.14. The summed E-state index contributed by atoms with van der Waals surface area (Å²) >= 11 is 0. The second-order valence-corrected chi connectivity index (χ2v) is 3.40. The highest BCUT2D eigenvalue weighted by molar-refractivity contribution is 5.94.